The van der Waals surface area contributed by atoms with Gasteiger partial charge in [-0.3, -0.25) is 9.79 Å². The Balaban J connectivity index is 2.39. The van der Waals surface area contributed by atoms with Gasteiger partial charge >= 0.3 is 6.18 Å². The number of nitrogen functional groups attached to an aromatic ring is 1. The fourth-order valence-electron chi connectivity index (χ4n) is 2.87. The third-order valence-electron chi connectivity index (χ3n) is 4.62. The highest BCUT2D eigenvalue weighted by Crippen LogP contribution is 2.33. The van der Waals surface area contributed by atoms with Gasteiger partial charge in [-0.1, -0.05) is 40.7 Å². The number of nitrogens with one attached hydrogen (secondary N) is 1. The summed E-state index contributed by atoms with van der Waals surface area (Å²) in [6.07, 6.45) is -2.04. The lowest BCUT2D eigenvalue weighted by molar-refractivity contribution is -0.141. The van der Waals surface area contributed by atoms with E-state index in [9.17, 15) is 18.0 Å². The molecule has 2 rings (SSSR count). The number of nitrogens with two attached hydrogens (primary N) is 1. The second-order valence-corrected chi connectivity index (χ2v) is 8.85. The predicted molar refractivity (Wildman–Crippen MR) is 119 cm³/mol. The lowest BCUT2D eigenvalue weighted by Gasteiger charge is -2.24. The molecular formula is C23H29F3N4O. The van der Waals surface area contributed by atoms with Gasteiger partial charge in [0, 0.05) is 29.7 Å². The van der Waals surface area contributed by atoms with E-state index in [1.54, 1.807) is 18.3 Å². The molecular weight excluding hydrogens is 405 g/mol. The quantitative estimate of drug-likeness (QED) is 0.452. The highest BCUT2D eigenvalue weighted by molar-refractivity contribution is 6.04. The molecule has 0 aliphatic rings. The van der Waals surface area contributed by atoms with Crippen LogP contribution in [0.2, 0.25) is 0 Å². The second kappa shape index (κ2) is 9.49. The molecule has 1 aromatic heterocycles. The third-order valence-corrected chi connectivity index (χ3v) is 4.62. The fourth-order valence-corrected chi connectivity index (χ4v) is 2.87. The molecule has 3 N–H and O–H groups in total. The van der Waals surface area contributed by atoms with Crippen molar-refractivity contribution in [1.29, 1.82) is 0 Å². The Morgan fingerprint density at radius 3 is 2.48 bits per heavy atom. The molecule has 0 aliphatic carbocycles. The van der Waals surface area contributed by atoms with Crippen molar-refractivity contribution in [3.63, 3.8) is 0 Å². The Kier molecular flexibility index (Phi) is 7.46. The Bertz CT molecular complexity index is 960. The van der Waals surface area contributed by atoms with Crippen molar-refractivity contribution in [3.8, 4) is 0 Å². The molecule has 0 radical (unpaired) electrons. The largest absolute Gasteiger partial charge is 0.433 e. The van der Waals surface area contributed by atoms with Gasteiger partial charge < -0.3 is 11.1 Å². The van der Waals surface area contributed by atoms with Gasteiger partial charge in [-0.2, -0.15) is 13.2 Å². The van der Waals surface area contributed by atoms with Gasteiger partial charge in [-0.05, 0) is 47.6 Å². The maximum Gasteiger partial charge on any atom is 0.433 e. The minimum atomic E-state index is -4.63. The molecule has 1 amide bonds. The molecule has 0 saturated heterocycles. The molecule has 0 atom stereocenters. The number of benzene rings is 1. The number of amides is 1. The van der Waals surface area contributed by atoms with Crippen LogP contribution in [0.1, 0.15) is 68.3 Å². The third kappa shape index (κ3) is 6.80. The summed E-state index contributed by atoms with van der Waals surface area (Å²) < 4.78 is 38.9. The molecule has 0 unspecified atom stereocenters. The van der Waals surface area contributed by atoms with Crippen molar-refractivity contribution >= 4 is 23.5 Å². The highest BCUT2D eigenvalue weighted by Gasteiger charge is 2.33. The Hall–Kier alpha value is -2.90. The van der Waals surface area contributed by atoms with Crippen molar-refractivity contribution in [2.75, 3.05) is 17.6 Å². The first-order chi connectivity index (χ1) is 14.3. The summed E-state index contributed by atoms with van der Waals surface area (Å²) in [5.41, 5.74) is 6.73. The summed E-state index contributed by atoms with van der Waals surface area (Å²) in [4.78, 5) is 20.6. The SMILES string of the molecule is CC(C)CCN=Cc1cc(NC(=O)c2cccc(C(F)(F)F)n2)c(C(C)(C)C)cc1N. The molecule has 31 heavy (non-hydrogen) atoms. The molecule has 0 aliphatic heterocycles. The van der Waals surface area contributed by atoms with E-state index < -0.39 is 17.8 Å². The minimum Gasteiger partial charge on any atom is -0.398 e. The van der Waals surface area contributed by atoms with Gasteiger partial charge in [-0.25, -0.2) is 4.98 Å². The van der Waals surface area contributed by atoms with Gasteiger partial charge in [0.2, 0.25) is 0 Å². The van der Waals surface area contributed by atoms with E-state index in [1.165, 1.54) is 6.07 Å². The average Bonchev–Trinajstić information content (AvgIpc) is 2.65. The van der Waals surface area contributed by atoms with Gasteiger partial charge in [0.05, 0.1) is 0 Å². The number of halogens is 3. The highest BCUT2D eigenvalue weighted by atomic mass is 19.4. The van der Waals surface area contributed by atoms with Crippen LogP contribution in [0.3, 0.4) is 0 Å². The Morgan fingerprint density at radius 1 is 1.23 bits per heavy atom. The molecule has 8 heteroatoms. The van der Waals surface area contributed by atoms with Crippen LogP contribution in [0, 0.1) is 5.92 Å². The minimum absolute atomic E-state index is 0.321. The number of pyridine rings is 1. The lowest BCUT2D eigenvalue weighted by atomic mass is 9.84. The van der Waals surface area contributed by atoms with Crippen LogP contribution < -0.4 is 11.1 Å². The standard InChI is InChI=1S/C23H29F3N4O/c1-14(2)9-10-28-13-15-11-19(16(12-17(15)27)22(3,4)5)30-21(31)18-7-6-8-20(29-18)23(24,25)26/h6-8,11-14H,9-10,27H2,1-5H3,(H,30,31). The van der Waals surface area contributed by atoms with Crippen molar-refractivity contribution in [1.82, 2.24) is 4.98 Å². The van der Waals surface area contributed by atoms with Crippen LogP contribution in [0.5, 0.6) is 0 Å². The molecule has 1 heterocycles. The van der Waals surface area contributed by atoms with E-state index in [-0.39, 0.29) is 11.1 Å². The number of rotatable bonds is 6. The zero-order valence-corrected chi connectivity index (χ0v) is 18.5. The summed E-state index contributed by atoms with van der Waals surface area (Å²) in [6.45, 7) is 10.7. The first-order valence-electron chi connectivity index (χ1n) is 10.1. The molecule has 0 fully saturated rings. The van der Waals surface area contributed by atoms with Gasteiger partial charge in [0.25, 0.3) is 5.91 Å². The molecule has 5 nitrogen and oxygen atoms in total. The van der Waals surface area contributed by atoms with E-state index in [0.29, 0.717) is 29.4 Å². The number of anilines is 2. The van der Waals surface area contributed by atoms with E-state index >= 15 is 0 Å². The van der Waals surface area contributed by atoms with Crippen molar-refractivity contribution in [2.45, 2.75) is 52.6 Å². The summed E-state index contributed by atoms with van der Waals surface area (Å²) in [5, 5.41) is 2.70. The number of hydrogen-bond donors (Lipinski definition) is 2. The smallest absolute Gasteiger partial charge is 0.398 e. The van der Waals surface area contributed by atoms with E-state index in [2.05, 4.69) is 29.1 Å². The first-order valence-corrected chi connectivity index (χ1v) is 10.1. The number of aliphatic imine (C=N–C) groups is 1. The maximum atomic E-state index is 13.0. The molecule has 2 aromatic rings. The second-order valence-electron chi connectivity index (χ2n) is 8.85. The fraction of sp³-hybridized carbons (Fsp3) is 0.435. The van der Waals surface area contributed by atoms with Gasteiger partial charge in [0.1, 0.15) is 11.4 Å². The van der Waals surface area contributed by atoms with Crippen LogP contribution in [0.25, 0.3) is 0 Å². The first kappa shape index (κ1) is 24.4. The van der Waals surface area contributed by atoms with Crippen molar-refractivity contribution < 1.29 is 18.0 Å². The summed E-state index contributed by atoms with van der Waals surface area (Å²) >= 11 is 0. The number of alkyl halides is 3. The van der Waals surface area contributed by atoms with Crippen molar-refractivity contribution in [2.24, 2.45) is 10.9 Å². The number of carbonyl (C=O) groups is 1. The van der Waals surface area contributed by atoms with Gasteiger partial charge in [0.15, 0.2) is 0 Å². The number of nitrogens with zero attached hydrogens (tertiary/aromatic N) is 2. The molecule has 168 valence electrons. The van der Waals surface area contributed by atoms with Crippen LogP contribution in [0.15, 0.2) is 35.3 Å². The Labute approximate surface area is 181 Å². The maximum absolute atomic E-state index is 13.0. The van der Waals surface area contributed by atoms with E-state index in [0.717, 1.165) is 24.1 Å². The van der Waals surface area contributed by atoms with Gasteiger partial charge in [-0.15, -0.1) is 0 Å². The molecule has 1 aromatic carbocycles. The number of aromatic nitrogens is 1. The van der Waals surface area contributed by atoms with Crippen LogP contribution in [-0.4, -0.2) is 23.7 Å². The topological polar surface area (TPSA) is 80.4 Å². The van der Waals surface area contributed by atoms with Crippen LogP contribution >= 0.6 is 0 Å². The zero-order chi connectivity index (χ0) is 23.4. The monoisotopic (exact) mass is 434 g/mol. The van der Waals surface area contributed by atoms with E-state index in [4.69, 9.17) is 5.73 Å². The van der Waals surface area contributed by atoms with Crippen LogP contribution in [-0.2, 0) is 11.6 Å². The molecule has 0 saturated carbocycles. The molecule has 0 spiro atoms. The number of hydrogen-bond acceptors (Lipinski definition) is 4. The normalized spacial score (nSPS) is 12.5. The number of carbonyl (C=O) groups excluding carboxylic acids is 1. The summed E-state index contributed by atoms with van der Waals surface area (Å²) in [6, 6.07) is 6.68. The lowest BCUT2D eigenvalue weighted by Crippen LogP contribution is -2.21. The Morgan fingerprint density at radius 2 is 1.90 bits per heavy atom. The summed E-state index contributed by atoms with van der Waals surface area (Å²) in [5.74, 6) is -0.211. The zero-order valence-electron chi connectivity index (χ0n) is 18.5. The molecule has 0 bridgehead atoms. The van der Waals surface area contributed by atoms with E-state index in [1.807, 2.05) is 20.8 Å². The summed E-state index contributed by atoms with van der Waals surface area (Å²) in [7, 11) is 0. The average molecular weight is 435 g/mol. The van der Waals surface area contributed by atoms with Crippen LogP contribution in [0.4, 0.5) is 24.5 Å². The predicted octanol–water partition coefficient (Wildman–Crippen LogP) is 5.70. The van der Waals surface area contributed by atoms with Crippen molar-refractivity contribution in [3.05, 3.63) is 52.8 Å².